The first-order chi connectivity index (χ1) is 25.7. The number of nitrogens with one attached hydrogen (secondary N) is 1. The number of hydrogen-bond donors (Lipinski definition) is 1. The Labute approximate surface area is 302 Å². The maximum atomic E-state index is 4.23. The number of nitrogens with zero attached hydrogens (tertiary/aromatic N) is 1. The van der Waals surface area contributed by atoms with Crippen LogP contribution in [0.5, 0.6) is 0 Å². The van der Waals surface area contributed by atoms with Gasteiger partial charge < -0.3 is 9.88 Å². The highest BCUT2D eigenvalue weighted by molar-refractivity contribution is 6.25. The molecule has 0 atom stereocenters. The van der Waals surface area contributed by atoms with E-state index in [9.17, 15) is 0 Å². The molecule has 10 rings (SSSR count). The molecule has 0 aliphatic rings. The van der Waals surface area contributed by atoms with Crippen LogP contribution in [0.3, 0.4) is 0 Å². The minimum atomic E-state index is 1.06. The van der Waals surface area contributed by atoms with Crippen molar-refractivity contribution >= 4 is 71.6 Å². The largest absolute Gasteiger partial charge is 0.355 e. The van der Waals surface area contributed by atoms with Crippen molar-refractivity contribution in [3.8, 4) is 27.9 Å². The predicted octanol–water partition coefficient (Wildman–Crippen LogP) is 14.0. The quantitative estimate of drug-likeness (QED) is 0.175. The Morgan fingerprint density at radius 2 is 0.981 bits per heavy atom. The Morgan fingerprint density at radius 3 is 1.73 bits per heavy atom. The normalized spacial score (nSPS) is 11.5. The first kappa shape index (κ1) is 30.0. The zero-order chi connectivity index (χ0) is 34.6. The lowest BCUT2D eigenvalue weighted by atomic mass is 9.93. The van der Waals surface area contributed by atoms with Crippen molar-refractivity contribution < 1.29 is 0 Å². The van der Waals surface area contributed by atoms with E-state index in [1.54, 1.807) is 0 Å². The lowest BCUT2D eigenvalue weighted by molar-refractivity contribution is 1.19. The van der Waals surface area contributed by atoms with Gasteiger partial charge in [0.2, 0.25) is 0 Å². The molecular formula is C50H34N2. The van der Waals surface area contributed by atoms with Gasteiger partial charge in [-0.15, -0.1) is 0 Å². The molecule has 0 radical (unpaired) electrons. The number of anilines is 2. The van der Waals surface area contributed by atoms with Crippen molar-refractivity contribution in [1.82, 2.24) is 4.57 Å². The van der Waals surface area contributed by atoms with Gasteiger partial charge >= 0.3 is 0 Å². The summed E-state index contributed by atoms with van der Waals surface area (Å²) in [6.45, 7) is 4.23. The molecule has 244 valence electrons. The smallest absolute Gasteiger partial charge is 0.0541 e. The van der Waals surface area contributed by atoms with Crippen molar-refractivity contribution in [3.05, 3.63) is 194 Å². The van der Waals surface area contributed by atoms with Crippen LogP contribution in [0.1, 0.15) is 5.56 Å². The summed E-state index contributed by atoms with van der Waals surface area (Å²) in [5.74, 6) is 0. The Morgan fingerprint density at radius 1 is 0.404 bits per heavy atom. The summed E-state index contributed by atoms with van der Waals surface area (Å²) < 4.78 is 2.42. The van der Waals surface area contributed by atoms with Crippen LogP contribution in [0.2, 0.25) is 0 Å². The fourth-order valence-corrected chi connectivity index (χ4v) is 8.13. The number of benzene rings is 9. The highest BCUT2D eigenvalue weighted by atomic mass is 15.0. The Bertz CT molecular complexity index is 2970. The molecule has 0 aliphatic carbocycles. The van der Waals surface area contributed by atoms with E-state index in [-0.39, 0.29) is 0 Å². The number of aromatic nitrogens is 1. The summed E-state index contributed by atoms with van der Waals surface area (Å²) in [6, 6.07) is 65.7. The van der Waals surface area contributed by atoms with E-state index < -0.39 is 0 Å². The van der Waals surface area contributed by atoms with Crippen LogP contribution < -0.4 is 5.32 Å². The third kappa shape index (κ3) is 4.80. The van der Waals surface area contributed by atoms with Gasteiger partial charge in [0.25, 0.3) is 0 Å². The second-order valence-electron chi connectivity index (χ2n) is 13.4. The first-order valence-electron chi connectivity index (χ1n) is 17.8. The number of rotatable bonds is 6. The van der Waals surface area contributed by atoms with E-state index in [1.807, 2.05) is 24.3 Å². The molecule has 0 saturated heterocycles. The van der Waals surface area contributed by atoms with Crippen molar-refractivity contribution in [2.24, 2.45) is 0 Å². The molecule has 9 aromatic carbocycles. The maximum absolute atomic E-state index is 4.23. The SMILES string of the molecule is C=Cc1cc(-c2ccc3c(c2)c2ccccc2n3-c2ccc3c4ccccc4c4ccccc4c3c2)ccc1-c1ccccc1Nc1ccccc1. The van der Waals surface area contributed by atoms with E-state index in [1.165, 1.54) is 59.7 Å². The van der Waals surface area contributed by atoms with Gasteiger partial charge in [0, 0.05) is 33.4 Å². The van der Waals surface area contributed by atoms with E-state index in [4.69, 9.17) is 0 Å². The monoisotopic (exact) mass is 662 g/mol. The van der Waals surface area contributed by atoms with Gasteiger partial charge in [0.15, 0.2) is 0 Å². The second-order valence-corrected chi connectivity index (χ2v) is 13.4. The molecule has 0 fully saturated rings. The van der Waals surface area contributed by atoms with Crippen molar-refractivity contribution in [2.75, 3.05) is 5.32 Å². The van der Waals surface area contributed by atoms with Crippen LogP contribution in [0, 0.1) is 0 Å². The zero-order valence-corrected chi connectivity index (χ0v) is 28.6. The van der Waals surface area contributed by atoms with Gasteiger partial charge in [-0.1, -0.05) is 140 Å². The fraction of sp³-hybridized carbons (Fsp3) is 0. The van der Waals surface area contributed by atoms with Crippen LogP contribution >= 0.6 is 0 Å². The average molecular weight is 663 g/mol. The van der Waals surface area contributed by atoms with E-state index >= 15 is 0 Å². The first-order valence-corrected chi connectivity index (χ1v) is 17.8. The zero-order valence-electron chi connectivity index (χ0n) is 28.6. The van der Waals surface area contributed by atoms with Crippen LogP contribution in [-0.4, -0.2) is 4.57 Å². The minimum Gasteiger partial charge on any atom is -0.355 e. The molecule has 0 saturated carbocycles. The standard InChI is InChI=1S/C50H34N2/c1-2-33-30-34(24-27-38(33)44-20-10-12-22-48(44)51-36-14-4-3-5-15-36)35-25-29-50-47(31-35)45-21-11-13-23-49(45)52(50)37-26-28-43-41-18-7-6-16-39(41)40-17-8-9-19-42(40)46(43)32-37/h2-32,51H,1H2. The van der Waals surface area contributed by atoms with Gasteiger partial charge in [0.05, 0.1) is 11.0 Å². The van der Waals surface area contributed by atoms with E-state index in [0.29, 0.717) is 0 Å². The van der Waals surface area contributed by atoms with Crippen molar-refractivity contribution in [2.45, 2.75) is 0 Å². The third-order valence-electron chi connectivity index (χ3n) is 10.5. The lowest BCUT2D eigenvalue weighted by Crippen LogP contribution is -1.95. The molecule has 0 unspecified atom stereocenters. The summed E-state index contributed by atoms with van der Waals surface area (Å²) in [7, 11) is 0. The summed E-state index contributed by atoms with van der Waals surface area (Å²) >= 11 is 0. The number of fused-ring (bicyclic) bond motifs is 9. The molecule has 0 aliphatic heterocycles. The highest BCUT2D eigenvalue weighted by Crippen LogP contribution is 2.40. The maximum Gasteiger partial charge on any atom is 0.0541 e. The van der Waals surface area contributed by atoms with E-state index in [0.717, 1.165) is 39.3 Å². The predicted molar refractivity (Wildman–Crippen MR) is 224 cm³/mol. The Kier molecular flexibility index (Phi) is 7.00. The topological polar surface area (TPSA) is 17.0 Å². The van der Waals surface area contributed by atoms with Crippen LogP contribution in [0.15, 0.2) is 189 Å². The molecular weight excluding hydrogens is 629 g/mol. The highest BCUT2D eigenvalue weighted by Gasteiger charge is 2.16. The van der Waals surface area contributed by atoms with E-state index in [2.05, 4.69) is 180 Å². The van der Waals surface area contributed by atoms with Crippen LogP contribution in [-0.2, 0) is 0 Å². The Hall–Kier alpha value is -6.90. The molecule has 1 aromatic heterocycles. The molecule has 52 heavy (non-hydrogen) atoms. The van der Waals surface area contributed by atoms with Gasteiger partial charge in [0.1, 0.15) is 0 Å². The third-order valence-corrected chi connectivity index (χ3v) is 10.5. The number of hydrogen-bond acceptors (Lipinski definition) is 1. The summed E-state index contributed by atoms with van der Waals surface area (Å²) in [6.07, 6.45) is 1.97. The minimum absolute atomic E-state index is 1.06. The molecule has 1 N–H and O–H groups in total. The molecule has 0 bridgehead atoms. The van der Waals surface area contributed by atoms with Crippen LogP contribution in [0.25, 0.3) is 88.1 Å². The summed E-state index contributed by atoms with van der Waals surface area (Å²) in [5, 5.41) is 13.8. The molecule has 2 nitrogen and oxygen atoms in total. The lowest BCUT2D eigenvalue weighted by Gasteiger charge is -2.15. The molecule has 0 amide bonds. The van der Waals surface area contributed by atoms with Crippen LogP contribution in [0.4, 0.5) is 11.4 Å². The van der Waals surface area contributed by atoms with Gasteiger partial charge in [-0.3, -0.25) is 0 Å². The fourth-order valence-electron chi connectivity index (χ4n) is 8.13. The van der Waals surface area contributed by atoms with Gasteiger partial charge in [-0.2, -0.15) is 0 Å². The summed E-state index contributed by atoms with van der Waals surface area (Å²) in [5.41, 5.74) is 11.4. The molecule has 2 heteroatoms. The Balaban J connectivity index is 1.11. The molecule has 0 spiro atoms. The summed E-state index contributed by atoms with van der Waals surface area (Å²) in [4.78, 5) is 0. The molecule has 10 aromatic rings. The van der Waals surface area contributed by atoms with Crippen molar-refractivity contribution in [1.29, 1.82) is 0 Å². The van der Waals surface area contributed by atoms with Gasteiger partial charge in [-0.25, -0.2) is 0 Å². The second kappa shape index (κ2) is 12.2. The average Bonchev–Trinajstić information content (AvgIpc) is 3.55. The van der Waals surface area contributed by atoms with Gasteiger partial charge in [-0.05, 0) is 109 Å². The number of para-hydroxylation sites is 3. The van der Waals surface area contributed by atoms with Crippen molar-refractivity contribution in [3.63, 3.8) is 0 Å². The molecule has 1 heterocycles.